The summed E-state index contributed by atoms with van der Waals surface area (Å²) in [6.45, 7) is 1.47. The van der Waals surface area contributed by atoms with Crippen molar-refractivity contribution >= 4 is 27.5 Å². The number of para-hydroxylation sites is 1. The fourth-order valence-corrected chi connectivity index (χ4v) is 6.41. The van der Waals surface area contributed by atoms with Crippen LogP contribution in [0.15, 0.2) is 78.9 Å². The van der Waals surface area contributed by atoms with Gasteiger partial charge in [-0.05, 0) is 54.2 Å². The van der Waals surface area contributed by atoms with E-state index in [1.165, 1.54) is 17.0 Å². The summed E-state index contributed by atoms with van der Waals surface area (Å²) in [6.07, 6.45) is 6.87. The molecule has 1 atom stereocenters. The first-order chi connectivity index (χ1) is 20.2. The lowest BCUT2D eigenvalue weighted by molar-refractivity contribution is -0.140. The highest BCUT2D eigenvalue weighted by Gasteiger charge is 2.34. The number of halogens is 1. The lowest BCUT2D eigenvalue weighted by Crippen LogP contribution is -2.55. The van der Waals surface area contributed by atoms with Crippen molar-refractivity contribution in [1.29, 1.82) is 0 Å². The number of hydrogen-bond donors (Lipinski definition) is 1. The zero-order chi connectivity index (χ0) is 30.1. The first kappa shape index (κ1) is 31.2. The SMILES string of the molecule is CCc1ccccc1N(CC(=O)N(Cc1ccc(F)cc1)[C@@H](Cc1ccccc1)C(=O)NC1CCCCC1)S(C)(=O)=O. The summed E-state index contributed by atoms with van der Waals surface area (Å²) in [5.74, 6) is -1.21. The number of nitrogens with one attached hydrogen (secondary N) is 1. The third kappa shape index (κ3) is 8.41. The van der Waals surface area contributed by atoms with Crippen molar-refractivity contribution in [3.05, 3.63) is 101 Å². The van der Waals surface area contributed by atoms with E-state index in [4.69, 9.17) is 0 Å². The average molecular weight is 594 g/mol. The topological polar surface area (TPSA) is 86.8 Å². The van der Waals surface area contributed by atoms with Crippen molar-refractivity contribution in [1.82, 2.24) is 10.2 Å². The van der Waals surface area contributed by atoms with E-state index in [1.54, 1.807) is 24.3 Å². The Morgan fingerprint density at radius 2 is 1.55 bits per heavy atom. The standard InChI is InChI=1S/C33H40FN3O4S/c1-3-27-14-10-11-17-30(27)37(42(2,40)41)24-32(38)36(23-26-18-20-28(34)21-19-26)31(22-25-12-6-4-7-13-25)33(39)35-29-15-8-5-9-16-29/h4,6-7,10-14,17-21,29,31H,3,5,8-9,15-16,22-24H2,1-2H3,(H,35,39)/t31-/m0/s1. The Labute approximate surface area is 248 Å². The number of sulfonamides is 1. The summed E-state index contributed by atoms with van der Waals surface area (Å²) < 4.78 is 41.0. The Balaban J connectivity index is 1.73. The van der Waals surface area contributed by atoms with E-state index in [9.17, 15) is 22.4 Å². The molecule has 224 valence electrons. The first-order valence-electron chi connectivity index (χ1n) is 14.6. The molecule has 0 bridgehead atoms. The normalized spacial score (nSPS) is 14.6. The second kappa shape index (κ2) is 14.4. The van der Waals surface area contributed by atoms with Gasteiger partial charge in [-0.2, -0.15) is 0 Å². The number of benzene rings is 3. The highest BCUT2D eigenvalue weighted by atomic mass is 32.2. The fourth-order valence-electron chi connectivity index (χ4n) is 5.53. The molecular formula is C33H40FN3O4S. The molecule has 0 heterocycles. The number of anilines is 1. The van der Waals surface area contributed by atoms with Gasteiger partial charge in [0.2, 0.25) is 21.8 Å². The van der Waals surface area contributed by atoms with Gasteiger partial charge in [-0.1, -0.05) is 86.8 Å². The van der Waals surface area contributed by atoms with Gasteiger partial charge in [0.05, 0.1) is 11.9 Å². The molecule has 0 spiro atoms. The van der Waals surface area contributed by atoms with Crippen LogP contribution in [0, 0.1) is 5.82 Å². The van der Waals surface area contributed by atoms with Crippen molar-refractivity contribution in [2.45, 2.75) is 70.5 Å². The van der Waals surface area contributed by atoms with E-state index in [2.05, 4.69) is 5.32 Å². The highest BCUT2D eigenvalue weighted by Crippen LogP contribution is 2.25. The van der Waals surface area contributed by atoms with Gasteiger partial charge in [0, 0.05) is 19.0 Å². The zero-order valence-corrected chi connectivity index (χ0v) is 25.2. The van der Waals surface area contributed by atoms with Crippen LogP contribution in [0.4, 0.5) is 10.1 Å². The third-order valence-corrected chi connectivity index (χ3v) is 8.94. The van der Waals surface area contributed by atoms with Crippen molar-refractivity contribution in [2.24, 2.45) is 0 Å². The number of amides is 2. The zero-order valence-electron chi connectivity index (χ0n) is 24.3. The van der Waals surface area contributed by atoms with E-state index in [0.717, 1.165) is 53.8 Å². The second-order valence-electron chi connectivity index (χ2n) is 10.9. The third-order valence-electron chi connectivity index (χ3n) is 7.81. The van der Waals surface area contributed by atoms with E-state index in [-0.39, 0.29) is 24.9 Å². The molecule has 9 heteroatoms. The monoisotopic (exact) mass is 593 g/mol. The minimum Gasteiger partial charge on any atom is -0.352 e. The lowest BCUT2D eigenvalue weighted by Gasteiger charge is -2.35. The van der Waals surface area contributed by atoms with E-state index in [1.807, 2.05) is 49.4 Å². The van der Waals surface area contributed by atoms with Crippen LogP contribution in [0.5, 0.6) is 0 Å². The quantitative estimate of drug-likeness (QED) is 0.311. The Kier molecular flexibility index (Phi) is 10.7. The maximum atomic E-state index is 14.2. The summed E-state index contributed by atoms with van der Waals surface area (Å²) in [6, 6.07) is 21.4. The molecule has 0 aromatic heterocycles. The molecule has 7 nitrogen and oxygen atoms in total. The molecule has 0 unspecified atom stereocenters. The molecule has 42 heavy (non-hydrogen) atoms. The summed E-state index contributed by atoms with van der Waals surface area (Å²) >= 11 is 0. The Hall–Kier alpha value is -3.72. The number of hydrogen-bond acceptors (Lipinski definition) is 4. The first-order valence-corrected chi connectivity index (χ1v) is 16.4. The van der Waals surface area contributed by atoms with Gasteiger partial charge in [0.15, 0.2) is 0 Å². The van der Waals surface area contributed by atoms with Gasteiger partial charge >= 0.3 is 0 Å². The van der Waals surface area contributed by atoms with Crippen LogP contribution in [-0.4, -0.2) is 50.0 Å². The number of carbonyl (C=O) groups is 2. The summed E-state index contributed by atoms with van der Waals surface area (Å²) in [4.78, 5) is 29.7. The van der Waals surface area contributed by atoms with Gasteiger partial charge in [-0.3, -0.25) is 13.9 Å². The number of aryl methyl sites for hydroxylation is 1. The van der Waals surface area contributed by atoms with Crippen molar-refractivity contribution in [2.75, 3.05) is 17.1 Å². The van der Waals surface area contributed by atoms with E-state index in [0.29, 0.717) is 17.7 Å². The number of rotatable bonds is 12. The number of carbonyl (C=O) groups excluding carboxylic acids is 2. The van der Waals surface area contributed by atoms with Gasteiger partial charge < -0.3 is 10.2 Å². The molecule has 4 rings (SSSR count). The molecule has 1 N–H and O–H groups in total. The Morgan fingerprint density at radius 1 is 0.905 bits per heavy atom. The average Bonchev–Trinajstić information content (AvgIpc) is 2.99. The second-order valence-corrected chi connectivity index (χ2v) is 12.9. The summed E-state index contributed by atoms with van der Waals surface area (Å²) in [7, 11) is -3.85. The van der Waals surface area contributed by atoms with Crippen molar-refractivity contribution in [3.63, 3.8) is 0 Å². The van der Waals surface area contributed by atoms with Crippen LogP contribution in [0.2, 0.25) is 0 Å². The predicted octanol–water partition coefficient (Wildman–Crippen LogP) is 5.24. The molecular weight excluding hydrogens is 553 g/mol. The summed E-state index contributed by atoms with van der Waals surface area (Å²) in [5, 5.41) is 3.18. The van der Waals surface area contributed by atoms with Crippen LogP contribution in [0.3, 0.4) is 0 Å². The van der Waals surface area contributed by atoms with Crippen LogP contribution < -0.4 is 9.62 Å². The summed E-state index contributed by atoms with van der Waals surface area (Å²) in [5.41, 5.74) is 2.73. The predicted molar refractivity (Wildman–Crippen MR) is 164 cm³/mol. The highest BCUT2D eigenvalue weighted by molar-refractivity contribution is 7.92. The van der Waals surface area contributed by atoms with Gasteiger partial charge in [0.25, 0.3) is 0 Å². The molecule has 3 aromatic rings. The largest absolute Gasteiger partial charge is 0.352 e. The maximum Gasteiger partial charge on any atom is 0.244 e. The molecule has 0 aliphatic heterocycles. The molecule has 2 amide bonds. The van der Waals surface area contributed by atoms with Gasteiger partial charge in [-0.15, -0.1) is 0 Å². The minimum atomic E-state index is -3.85. The van der Waals surface area contributed by atoms with E-state index >= 15 is 0 Å². The van der Waals surface area contributed by atoms with Crippen LogP contribution in [0.1, 0.15) is 55.7 Å². The van der Waals surface area contributed by atoms with Gasteiger partial charge in [0.1, 0.15) is 18.4 Å². The molecule has 0 radical (unpaired) electrons. The molecule has 1 saturated carbocycles. The van der Waals surface area contributed by atoms with Crippen LogP contribution in [-0.2, 0) is 39.0 Å². The maximum absolute atomic E-state index is 14.2. The minimum absolute atomic E-state index is 0.0156. The molecule has 3 aromatic carbocycles. The lowest BCUT2D eigenvalue weighted by atomic mass is 9.94. The molecule has 1 aliphatic rings. The fraction of sp³-hybridized carbons (Fsp3) is 0.394. The van der Waals surface area contributed by atoms with E-state index < -0.39 is 34.3 Å². The molecule has 1 aliphatic carbocycles. The Morgan fingerprint density at radius 3 is 2.19 bits per heavy atom. The number of nitrogens with zero attached hydrogens (tertiary/aromatic N) is 2. The van der Waals surface area contributed by atoms with Crippen molar-refractivity contribution in [3.8, 4) is 0 Å². The van der Waals surface area contributed by atoms with Crippen LogP contribution in [0.25, 0.3) is 0 Å². The molecule has 1 fully saturated rings. The van der Waals surface area contributed by atoms with Gasteiger partial charge in [-0.25, -0.2) is 12.8 Å². The van der Waals surface area contributed by atoms with Crippen molar-refractivity contribution < 1.29 is 22.4 Å². The molecule has 0 saturated heterocycles. The smallest absolute Gasteiger partial charge is 0.244 e. The Bertz CT molecular complexity index is 1440. The van der Waals surface area contributed by atoms with Crippen LogP contribution >= 0.6 is 0 Å².